The summed E-state index contributed by atoms with van der Waals surface area (Å²) in [7, 11) is 3.03. The predicted molar refractivity (Wildman–Crippen MR) is 201 cm³/mol. The fraction of sp³-hybridized carbons (Fsp3) is 0.675. The van der Waals surface area contributed by atoms with Crippen molar-refractivity contribution in [3.05, 3.63) is 28.9 Å². The Morgan fingerprint density at radius 2 is 1.75 bits per heavy atom. The number of halogens is 1. The molecule has 15 heteroatoms. The second-order valence-corrected chi connectivity index (χ2v) is 17.4. The number of alkyl carbamates (subject to hydrolysis) is 1. The van der Waals surface area contributed by atoms with Gasteiger partial charge in [-0.3, -0.25) is 14.6 Å². The van der Waals surface area contributed by atoms with Gasteiger partial charge in [0.25, 0.3) is 0 Å². The molecule has 0 radical (unpaired) electrons. The van der Waals surface area contributed by atoms with E-state index < -0.39 is 59.3 Å². The first-order chi connectivity index (χ1) is 26.1. The van der Waals surface area contributed by atoms with Crippen LogP contribution in [0.3, 0.4) is 0 Å². The van der Waals surface area contributed by atoms with Gasteiger partial charge in [-0.25, -0.2) is 9.59 Å². The number of hydrogen-bond donors (Lipinski definition) is 3. The van der Waals surface area contributed by atoms with Gasteiger partial charge in [0.15, 0.2) is 6.29 Å². The molecule has 2 heterocycles. The van der Waals surface area contributed by atoms with Crippen molar-refractivity contribution in [3.8, 4) is 11.5 Å². The van der Waals surface area contributed by atoms with Crippen LogP contribution in [0.25, 0.3) is 10.9 Å². The van der Waals surface area contributed by atoms with Crippen molar-refractivity contribution < 1.29 is 48.0 Å². The lowest BCUT2D eigenvalue weighted by atomic mass is 9.85. The molecule has 1 aliphatic heterocycles. The van der Waals surface area contributed by atoms with Gasteiger partial charge in [-0.15, -0.1) is 0 Å². The van der Waals surface area contributed by atoms with Crippen molar-refractivity contribution in [2.45, 2.75) is 121 Å². The molecule has 0 bridgehead atoms. The highest BCUT2D eigenvalue weighted by Crippen LogP contribution is 2.52. The second kappa shape index (κ2) is 15.2. The molecular formula is C40H53ClN4O10. The molecule has 0 spiro atoms. The standard InChI is InChI=1S/C40H53ClN4O10/c1-7-23-17-40(23,37(48)49)44-35(46)28-15-25(18-45(28)36(47)34(39(2,3)4)43-38(50)55-24-13-21-12-22(21)14-24)54-30-16-27(20-8-9-20)42-33-26(30)10-11-29(32(33)41)53-19-31(51-5)52-6/h10-11,16,20-25,28,31,34H,7-9,12-15,17-19H2,1-6H3,(H,43,50)(H,44,46)(H,48,49)/t21-,22+,23-,24?,25-,28+,34-,40-/m1/s1. The first-order valence-electron chi connectivity index (χ1n) is 19.5. The lowest BCUT2D eigenvalue weighted by molar-refractivity contribution is -0.146. The quantitative estimate of drug-likeness (QED) is 0.197. The zero-order valence-corrected chi connectivity index (χ0v) is 33.1. The van der Waals surface area contributed by atoms with E-state index in [0.717, 1.165) is 31.4 Å². The van der Waals surface area contributed by atoms with E-state index in [4.69, 9.17) is 40.3 Å². The van der Waals surface area contributed by atoms with Gasteiger partial charge in [-0.2, -0.15) is 0 Å². The molecule has 1 saturated heterocycles. The normalized spacial score (nSPS) is 28.8. The number of carbonyl (C=O) groups is 4. The molecule has 1 unspecified atom stereocenters. The summed E-state index contributed by atoms with van der Waals surface area (Å²) in [6.07, 6.45) is 3.65. The van der Waals surface area contributed by atoms with E-state index in [9.17, 15) is 24.3 Å². The molecule has 14 nitrogen and oxygen atoms in total. The van der Waals surface area contributed by atoms with E-state index in [1.165, 1.54) is 25.5 Å². The molecule has 8 atom stereocenters. The maximum Gasteiger partial charge on any atom is 0.408 e. The van der Waals surface area contributed by atoms with Gasteiger partial charge in [0.2, 0.25) is 11.8 Å². The third-order valence-electron chi connectivity index (χ3n) is 12.1. The summed E-state index contributed by atoms with van der Waals surface area (Å²) in [4.78, 5) is 60.7. The number of hydrogen-bond acceptors (Lipinski definition) is 10. The summed E-state index contributed by atoms with van der Waals surface area (Å²) in [6.45, 7) is 7.51. The molecule has 4 saturated carbocycles. The minimum absolute atomic E-state index is 0.0103. The average Bonchev–Trinajstić information content (AvgIpc) is 4.10. The summed E-state index contributed by atoms with van der Waals surface area (Å²) in [5.74, 6) is -0.0265. The van der Waals surface area contributed by atoms with E-state index in [-0.39, 0.29) is 37.5 Å². The third kappa shape index (κ3) is 8.18. The smallest absolute Gasteiger partial charge is 0.408 e. The Morgan fingerprint density at radius 1 is 1.04 bits per heavy atom. The van der Waals surface area contributed by atoms with Crippen LogP contribution in [0, 0.1) is 23.2 Å². The van der Waals surface area contributed by atoms with Crippen molar-refractivity contribution in [2.75, 3.05) is 27.4 Å². The fourth-order valence-electron chi connectivity index (χ4n) is 8.44. The van der Waals surface area contributed by atoms with E-state index in [0.29, 0.717) is 52.1 Å². The molecule has 1 aromatic heterocycles. The number of benzene rings is 1. The topological polar surface area (TPSA) is 175 Å². The Bertz CT molecular complexity index is 1820. The van der Waals surface area contributed by atoms with Gasteiger partial charge in [-0.1, -0.05) is 45.7 Å². The fourth-order valence-corrected chi connectivity index (χ4v) is 8.70. The first kappa shape index (κ1) is 39.4. The molecule has 7 rings (SSSR count). The molecule has 3 amide bonds. The number of aromatic nitrogens is 1. The number of nitrogens with one attached hydrogen (secondary N) is 2. The molecule has 3 N–H and O–H groups in total. The van der Waals surface area contributed by atoms with E-state index in [1.54, 1.807) is 12.1 Å². The number of methoxy groups -OCH3 is 2. The van der Waals surface area contributed by atoms with Crippen LogP contribution in [0.5, 0.6) is 11.5 Å². The molecule has 4 aliphatic carbocycles. The summed E-state index contributed by atoms with van der Waals surface area (Å²) in [6, 6.07) is 3.31. The molecule has 5 aliphatic rings. The summed E-state index contributed by atoms with van der Waals surface area (Å²) in [5.41, 5.74) is -0.853. The van der Waals surface area contributed by atoms with Crippen LogP contribution >= 0.6 is 11.6 Å². The van der Waals surface area contributed by atoms with Gasteiger partial charge >= 0.3 is 12.1 Å². The highest BCUT2D eigenvalue weighted by molar-refractivity contribution is 6.36. The zero-order chi connectivity index (χ0) is 39.4. The Morgan fingerprint density at radius 3 is 2.35 bits per heavy atom. The van der Waals surface area contributed by atoms with Gasteiger partial charge in [0.1, 0.15) is 53.0 Å². The Balaban J connectivity index is 1.16. The lowest BCUT2D eigenvalue weighted by Crippen LogP contribution is -2.59. The number of carboxylic acids is 1. The second-order valence-electron chi connectivity index (χ2n) is 17.1. The highest BCUT2D eigenvalue weighted by Gasteiger charge is 2.61. The number of rotatable bonds is 15. The van der Waals surface area contributed by atoms with Gasteiger partial charge in [0.05, 0.1) is 12.1 Å². The molecule has 55 heavy (non-hydrogen) atoms. The molecule has 300 valence electrons. The minimum Gasteiger partial charge on any atom is -0.488 e. The largest absolute Gasteiger partial charge is 0.488 e. The third-order valence-corrected chi connectivity index (χ3v) is 12.4. The van der Waals surface area contributed by atoms with Crippen LogP contribution in [0.2, 0.25) is 5.02 Å². The number of nitrogens with zero attached hydrogens (tertiary/aromatic N) is 2. The van der Waals surface area contributed by atoms with Crippen LogP contribution in [0.4, 0.5) is 4.79 Å². The van der Waals surface area contributed by atoms with Crippen molar-refractivity contribution in [3.63, 3.8) is 0 Å². The number of amides is 3. The monoisotopic (exact) mass is 784 g/mol. The number of likely N-dealkylation sites (tertiary alicyclic amines) is 1. The average molecular weight is 785 g/mol. The molecule has 5 fully saturated rings. The lowest BCUT2D eigenvalue weighted by Gasteiger charge is -2.35. The zero-order valence-electron chi connectivity index (χ0n) is 32.4. The van der Waals surface area contributed by atoms with Crippen molar-refractivity contribution in [1.82, 2.24) is 20.5 Å². The van der Waals surface area contributed by atoms with Crippen molar-refractivity contribution >= 4 is 46.4 Å². The Hall–Kier alpha value is -3.88. The van der Waals surface area contributed by atoms with Crippen molar-refractivity contribution in [2.24, 2.45) is 23.2 Å². The van der Waals surface area contributed by atoms with E-state index in [2.05, 4.69) is 10.6 Å². The number of carboxylic acid groups (broad SMARTS) is 1. The number of fused-ring (bicyclic) bond motifs is 2. The van der Waals surface area contributed by atoms with Gasteiger partial charge in [-0.05, 0) is 73.8 Å². The van der Waals surface area contributed by atoms with Gasteiger partial charge < -0.3 is 44.3 Å². The first-order valence-corrected chi connectivity index (χ1v) is 19.8. The van der Waals surface area contributed by atoms with Crippen LogP contribution in [0.15, 0.2) is 18.2 Å². The molecule has 1 aromatic carbocycles. The Labute approximate surface area is 326 Å². The summed E-state index contributed by atoms with van der Waals surface area (Å²) >= 11 is 6.90. The van der Waals surface area contributed by atoms with Crippen LogP contribution in [0.1, 0.15) is 90.7 Å². The van der Waals surface area contributed by atoms with Crippen LogP contribution < -0.4 is 20.1 Å². The van der Waals surface area contributed by atoms with Crippen molar-refractivity contribution in [1.29, 1.82) is 0 Å². The summed E-state index contributed by atoms with van der Waals surface area (Å²) < 4.78 is 28.9. The number of ether oxygens (including phenoxy) is 5. The highest BCUT2D eigenvalue weighted by atomic mass is 35.5. The molecule has 2 aromatic rings. The number of aliphatic carboxylic acids is 1. The van der Waals surface area contributed by atoms with Gasteiger partial charge in [0, 0.05) is 43.7 Å². The Kier molecular flexibility index (Phi) is 10.9. The molecular weight excluding hydrogens is 732 g/mol. The summed E-state index contributed by atoms with van der Waals surface area (Å²) in [5, 5.41) is 16.7. The maximum atomic E-state index is 14.6. The van der Waals surface area contributed by atoms with E-state index in [1.807, 2.05) is 33.8 Å². The minimum atomic E-state index is -1.39. The maximum absolute atomic E-state index is 14.6. The van der Waals surface area contributed by atoms with Crippen LogP contribution in [-0.4, -0.2) is 102 Å². The predicted octanol–water partition coefficient (Wildman–Crippen LogP) is 5.42. The number of pyridine rings is 1. The number of carbonyl (C=O) groups excluding carboxylic acids is 3. The van der Waals surface area contributed by atoms with E-state index >= 15 is 0 Å². The SMILES string of the molecule is CC[C@@H]1C[C@]1(NC(=O)[C@@H]1C[C@@H](Oc2cc(C3CC3)nc3c(Cl)c(OCC(OC)OC)ccc23)CN1C(=O)[C@@H](NC(=O)OC1C[C@@H]2C[C@@H]2C1)C(C)(C)C)C(=O)O. The van der Waals surface area contributed by atoms with Crippen LogP contribution in [-0.2, 0) is 28.6 Å².